The minimum Gasteiger partial charge on any atom is -0.344 e. The molecule has 0 saturated carbocycles. The van der Waals surface area contributed by atoms with E-state index in [0.717, 1.165) is 18.7 Å². The lowest BCUT2D eigenvalue weighted by atomic mass is 10.4. The standard InChI is InChI=1S/C10H17N9S/c1-18(4-3-5-20-2)9-14-8(17-11)15-10(16-9)19-7-12-6-13-19/h6-7H,3-5,11H2,1-2H3,(H,14,15,16,17). The predicted molar refractivity (Wildman–Crippen MR) is 78.8 cm³/mol. The van der Waals surface area contributed by atoms with E-state index >= 15 is 0 Å². The Morgan fingerprint density at radius 2 is 2.25 bits per heavy atom. The van der Waals surface area contributed by atoms with Gasteiger partial charge in [-0.25, -0.2) is 10.8 Å². The van der Waals surface area contributed by atoms with Crippen molar-refractivity contribution < 1.29 is 0 Å². The molecule has 2 aromatic heterocycles. The van der Waals surface area contributed by atoms with Crippen LogP contribution in [0.25, 0.3) is 5.95 Å². The number of hydrogen-bond acceptors (Lipinski definition) is 9. The molecule has 0 unspecified atom stereocenters. The second-order valence-corrected chi connectivity index (χ2v) is 5.00. The first-order valence-corrected chi connectivity index (χ1v) is 7.41. The molecule has 0 aliphatic heterocycles. The largest absolute Gasteiger partial charge is 0.344 e. The third kappa shape index (κ3) is 3.54. The fourth-order valence-electron chi connectivity index (χ4n) is 1.55. The molecular formula is C10H17N9S. The molecule has 2 rings (SSSR count). The molecule has 0 bridgehead atoms. The van der Waals surface area contributed by atoms with E-state index in [1.165, 1.54) is 17.3 Å². The van der Waals surface area contributed by atoms with Crippen molar-refractivity contribution in [1.82, 2.24) is 29.7 Å². The van der Waals surface area contributed by atoms with Crippen molar-refractivity contribution in [1.29, 1.82) is 0 Å². The SMILES string of the molecule is CSCCCN(C)c1nc(NN)nc(-n2cncn2)n1. The van der Waals surface area contributed by atoms with E-state index < -0.39 is 0 Å². The zero-order valence-corrected chi connectivity index (χ0v) is 12.2. The summed E-state index contributed by atoms with van der Waals surface area (Å²) < 4.78 is 1.46. The van der Waals surface area contributed by atoms with Crippen molar-refractivity contribution in [2.24, 2.45) is 5.84 Å². The van der Waals surface area contributed by atoms with Gasteiger partial charge in [0.05, 0.1) is 0 Å². The predicted octanol–water partition coefficient (Wildman–Crippen LogP) is -0.0728. The highest BCUT2D eigenvalue weighted by Gasteiger charge is 2.11. The fraction of sp³-hybridized carbons (Fsp3) is 0.500. The number of thioether (sulfide) groups is 1. The highest BCUT2D eigenvalue weighted by atomic mass is 32.2. The van der Waals surface area contributed by atoms with Crippen LogP contribution in [0.4, 0.5) is 11.9 Å². The summed E-state index contributed by atoms with van der Waals surface area (Å²) in [6, 6.07) is 0. The van der Waals surface area contributed by atoms with Gasteiger partial charge in [-0.2, -0.15) is 36.5 Å². The molecule has 0 aromatic carbocycles. The molecule has 2 heterocycles. The molecule has 20 heavy (non-hydrogen) atoms. The first-order chi connectivity index (χ1) is 9.74. The Kier molecular flexibility index (Phi) is 5.07. The van der Waals surface area contributed by atoms with Gasteiger partial charge in [0.2, 0.25) is 11.9 Å². The molecule has 0 aliphatic rings. The van der Waals surface area contributed by atoms with Crippen LogP contribution in [0.3, 0.4) is 0 Å². The van der Waals surface area contributed by atoms with Gasteiger partial charge in [0.25, 0.3) is 5.95 Å². The highest BCUT2D eigenvalue weighted by Crippen LogP contribution is 2.11. The minimum absolute atomic E-state index is 0.289. The summed E-state index contributed by atoms with van der Waals surface area (Å²) in [5.74, 6) is 7.69. The summed E-state index contributed by atoms with van der Waals surface area (Å²) in [7, 11) is 1.93. The van der Waals surface area contributed by atoms with Gasteiger partial charge in [-0.05, 0) is 18.4 Å². The number of anilines is 2. The molecule has 0 fully saturated rings. The van der Waals surface area contributed by atoms with Crippen LogP contribution in [0, 0.1) is 0 Å². The summed E-state index contributed by atoms with van der Waals surface area (Å²) in [5, 5.41) is 4.00. The van der Waals surface area contributed by atoms with E-state index in [0.29, 0.717) is 11.9 Å². The van der Waals surface area contributed by atoms with E-state index in [-0.39, 0.29) is 5.95 Å². The lowest BCUT2D eigenvalue weighted by molar-refractivity contribution is 0.766. The van der Waals surface area contributed by atoms with Gasteiger partial charge in [0, 0.05) is 13.6 Å². The van der Waals surface area contributed by atoms with Gasteiger partial charge in [-0.1, -0.05) is 0 Å². The van der Waals surface area contributed by atoms with Crippen LogP contribution >= 0.6 is 11.8 Å². The summed E-state index contributed by atoms with van der Waals surface area (Å²) in [5.41, 5.74) is 2.44. The van der Waals surface area contributed by atoms with Gasteiger partial charge < -0.3 is 4.90 Å². The maximum Gasteiger partial charge on any atom is 0.258 e. The molecule has 0 radical (unpaired) electrons. The number of nitrogens with zero attached hydrogens (tertiary/aromatic N) is 7. The Bertz CT molecular complexity index is 530. The Morgan fingerprint density at radius 1 is 1.40 bits per heavy atom. The van der Waals surface area contributed by atoms with Crippen LogP contribution in [-0.2, 0) is 0 Å². The molecule has 10 heteroatoms. The Labute approximate surface area is 121 Å². The summed E-state index contributed by atoms with van der Waals surface area (Å²) in [4.78, 5) is 18.6. The number of hydrazine groups is 1. The molecule has 108 valence electrons. The van der Waals surface area contributed by atoms with Crippen molar-refractivity contribution in [3.63, 3.8) is 0 Å². The minimum atomic E-state index is 0.289. The van der Waals surface area contributed by atoms with E-state index in [9.17, 15) is 0 Å². The van der Waals surface area contributed by atoms with Crippen LogP contribution < -0.4 is 16.2 Å². The van der Waals surface area contributed by atoms with E-state index in [1.54, 1.807) is 0 Å². The van der Waals surface area contributed by atoms with Crippen LogP contribution in [0.5, 0.6) is 0 Å². The van der Waals surface area contributed by atoms with Crippen molar-refractivity contribution in [3.05, 3.63) is 12.7 Å². The first-order valence-electron chi connectivity index (χ1n) is 6.02. The summed E-state index contributed by atoms with van der Waals surface area (Å²) in [6.45, 7) is 0.853. The zero-order valence-electron chi connectivity index (χ0n) is 11.4. The maximum absolute atomic E-state index is 5.39. The lowest BCUT2D eigenvalue weighted by Gasteiger charge is -2.17. The topological polar surface area (TPSA) is 111 Å². The number of nitrogens with one attached hydrogen (secondary N) is 1. The number of nitrogens with two attached hydrogens (primary N) is 1. The summed E-state index contributed by atoms with van der Waals surface area (Å²) in [6.07, 6.45) is 6.07. The van der Waals surface area contributed by atoms with E-state index in [2.05, 4.69) is 36.7 Å². The normalized spacial score (nSPS) is 10.6. The Hall–Kier alpha value is -1.94. The van der Waals surface area contributed by atoms with Crippen LogP contribution in [0.2, 0.25) is 0 Å². The van der Waals surface area contributed by atoms with Crippen molar-refractivity contribution in [2.75, 3.05) is 35.9 Å². The fourth-order valence-corrected chi connectivity index (χ4v) is 1.97. The molecule has 3 N–H and O–H groups in total. The summed E-state index contributed by atoms with van der Waals surface area (Å²) >= 11 is 1.81. The van der Waals surface area contributed by atoms with Gasteiger partial charge in [0.15, 0.2) is 0 Å². The van der Waals surface area contributed by atoms with Gasteiger partial charge in [-0.15, -0.1) is 0 Å². The number of hydrogen-bond donors (Lipinski definition) is 2. The molecule has 2 aromatic rings. The number of aromatic nitrogens is 6. The number of rotatable bonds is 7. The molecule has 0 saturated heterocycles. The third-order valence-electron chi connectivity index (χ3n) is 2.55. The lowest BCUT2D eigenvalue weighted by Crippen LogP contribution is -2.24. The van der Waals surface area contributed by atoms with Gasteiger partial charge >= 0.3 is 0 Å². The Balaban J connectivity index is 2.22. The van der Waals surface area contributed by atoms with Crippen LogP contribution in [0.1, 0.15) is 6.42 Å². The highest BCUT2D eigenvalue weighted by molar-refractivity contribution is 7.98. The zero-order chi connectivity index (χ0) is 14.4. The van der Waals surface area contributed by atoms with Gasteiger partial charge in [0.1, 0.15) is 12.7 Å². The second-order valence-electron chi connectivity index (χ2n) is 4.01. The molecular weight excluding hydrogens is 278 g/mol. The average Bonchev–Trinajstić information content (AvgIpc) is 3.01. The number of nitrogen functional groups attached to an aromatic ring is 1. The van der Waals surface area contributed by atoms with Gasteiger partial charge in [-0.3, -0.25) is 5.43 Å². The van der Waals surface area contributed by atoms with Crippen molar-refractivity contribution >= 4 is 23.7 Å². The second kappa shape index (κ2) is 7.01. The molecule has 0 amide bonds. The molecule has 0 atom stereocenters. The molecule has 9 nitrogen and oxygen atoms in total. The smallest absolute Gasteiger partial charge is 0.258 e. The monoisotopic (exact) mass is 295 g/mol. The molecule has 0 aliphatic carbocycles. The Morgan fingerprint density at radius 3 is 2.90 bits per heavy atom. The quantitative estimate of drug-likeness (QED) is 0.412. The van der Waals surface area contributed by atoms with E-state index in [4.69, 9.17) is 5.84 Å². The van der Waals surface area contributed by atoms with Crippen molar-refractivity contribution in [3.8, 4) is 5.95 Å². The van der Waals surface area contributed by atoms with Crippen LogP contribution in [0.15, 0.2) is 12.7 Å². The third-order valence-corrected chi connectivity index (χ3v) is 3.24. The average molecular weight is 295 g/mol. The molecule has 0 spiro atoms. The maximum atomic E-state index is 5.39. The first kappa shape index (κ1) is 14.5. The van der Waals surface area contributed by atoms with Crippen molar-refractivity contribution in [2.45, 2.75) is 6.42 Å². The van der Waals surface area contributed by atoms with Crippen LogP contribution in [-0.4, -0.2) is 55.3 Å². The van der Waals surface area contributed by atoms with E-state index in [1.807, 2.05) is 23.7 Å².